The molecule has 4 amide bonds. The molecule has 0 saturated carbocycles. The van der Waals surface area contributed by atoms with Crippen molar-refractivity contribution in [3.05, 3.63) is 90.2 Å². The van der Waals surface area contributed by atoms with E-state index in [1.165, 1.54) is 18.2 Å². The first-order chi connectivity index (χ1) is 17.5. The van der Waals surface area contributed by atoms with E-state index in [1.54, 1.807) is 35.2 Å². The number of nitrogens with one attached hydrogen (secondary N) is 3. The van der Waals surface area contributed by atoms with Gasteiger partial charge in [-0.1, -0.05) is 42.5 Å². The molecule has 0 spiro atoms. The molecule has 0 bridgehead atoms. The molecule has 0 unspecified atom stereocenters. The molecule has 1 heterocycles. The van der Waals surface area contributed by atoms with Gasteiger partial charge in [-0.25, -0.2) is 9.18 Å². The number of hydrogen-bond donors (Lipinski definition) is 3. The molecule has 4 rings (SSSR count). The van der Waals surface area contributed by atoms with Crippen LogP contribution in [0, 0.1) is 5.82 Å². The van der Waals surface area contributed by atoms with Gasteiger partial charge in [-0.15, -0.1) is 0 Å². The first-order valence-electron chi connectivity index (χ1n) is 11.7. The first kappa shape index (κ1) is 24.7. The molecule has 186 valence electrons. The summed E-state index contributed by atoms with van der Waals surface area (Å²) >= 11 is 0. The van der Waals surface area contributed by atoms with Gasteiger partial charge in [0.1, 0.15) is 11.6 Å². The van der Waals surface area contributed by atoms with E-state index in [0.29, 0.717) is 31.5 Å². The van der Waals surface area contributed by atoms with Gasteiger partial charge >= 0.3 is 6.03 Å². The molecule has 0 radical (unpaired) electrons. The van der Waals surface area contributed by atoms with E-state index in [9.17, 15) is 18.8 Å². The lowest BCUT2D eigenvalue weighted by Gasteiger charge is -2.32. The summed E-state index contributed by atoms with van der Waals surface area (Å²) in [7, 11) is 0. The van der Waals surface area contributed by atoms with Crippen molar-refractivity contribution in [1.29, 1.82) is 0 Å². The van der Waals surface area contributed by atoms with Gasteiger partial charge in [-0.2, -0.15) is 0 Å². The molecule has 3 aromatic rings. The van der Waals surface area contributed by atoms with Crippen LogP contribution in [-0.2, 0) is 4.79 Å². The van der Waals surface area contributed by atoms with E-state index < -0.39 is 11.7 Å². The van der Waals surface area contributed by atoms with Gasteiger partial charge in [0.15, 0.2) is 6.61 Å². The maximum Gasteiger partial charge on any atom is 0.321 e. The quantitative estimate of drug-likeness (QED) is 0.461. The number of carbonyl (C=O) groups excluding carboxylic acids is 3. The highest BCUT2D eigenvalue weighted by molar-refractivity contribution is 5.97. The molecular weight excluding hydrogens is 463 g/mol. The van der Waals surface area contributed by atoms with E-state index in [4.69, 9.17) is 4.74 Å². The van der Waals surface area contributed by atoms with Crippen LogP contribution in [0.1, 0.15) is 23.2 Å². The predicted octanol–water partition coefficient (Wildman–Crippen LogP) is 4.27. The maximum atomic E-state index is 13.7. The smallest absolute Gasteiger partial charge is 0.321 e. The monoisotopic (exact) mass is 490 g/mol. The zero-order valence-corrected chi connectivity index (χ0v) is 19.6. The van der Waals surface area contributed by atoms with Gasteiger partial charge < -0.3 is 25.6 Å². The summed E-state index contributed by atoms with van der Waals surface area (Å²) in [5.74, 6) is -1.17. The number of carbonyl (C=O) groups is 3. The molecule has 1 aliphatic rings. The second-order valence-electron chi connectivity index (χ2n) is 8.34. The zero-order chi connectivity index (χ0) is 25.3. The number of hydrogen-bond acceptors (Lipinski definition) is 4. The molecule has 3 N–H and O–H groups in total. The van der Waals surface area contributed by atoms with Gasteiger partial charge in [0.2, 0.25) is 0 Å². The summed E-state index contributed by atoms with van der Waals surface area (Å²) in [6, 6.07) is 21.4. The van der Waals surface area contributed by atoms with Gasteiger partial charge in [-0.3, -0.25) is 9.59 Å². The van der Waals surface area contributed by atoms with Crippen molar-refractivity contribution in [2.45, 2.75) is 18.9 Å². The Morgan fingerprint density at radius 1 is 0.861 bits per heavy atom. The number of piperidine rings is 1. The molecule has 0 aromatic heterocycles. The van der Waals surface area contributed by atoms with Crippen molar-refractivity contribution in [1.82, 2.24) is 10.2 Å². The summed E-state index contributed by atoms with van der Waals surface area (Å²) < 4.78 is 19.3. The summed E-state index contributed by atoms with van der Waals surface area (Å²) in [5.41, 5.74) is 1.08. The number of ether oxygens (including phenoxy) is 1. The third-order valence-corrected chi connectivity index (χ3v) is 5.78. The van der Waals surface area contributed by atoms with Gasteiger partial charge in [0, 0.05) is 24.8 Å². The number of nitrogens with zero attached hydrogens (tertiary/aromatic N) is 1. The van der Waals surface area contributed by atoms with Crippen LogP contribution in [0.3, 0.4) is 0 Å². The standard InChI is InChI=1S/C27H27FN4O4/c28-22-11-5-6-12-23(22)31-25(33)18-36-24-13-7-4-10-21(24)26(34)29-20-14-16-32(17-15-20)27(35)30-19-8-2-1-3-9-19/h1-13,20H,14-18H2,(H,29,34)(H,30,35)(H,31,33). The average Bonchev–Trinajstić information content (AvgIpc) is 2.90. The topological polar surface area (TPSA) is 99.8 Å². The third-order valence-electron chi connectivity index (χ3n) is 5.78. The van der Waals surface area contributed by atoms with Crippen LogP contribution in [0.2, 0.25) is 0 Å². The number of rotatable bonds is 7. The Labute approximate surface area is 208 Å². The summed E-state index contributed by atoms with van der Waals surface area (Å²) in [4.78, 5) is 39.3. The lowest BCUT2D eigenvalue weighted by molar-refractivity contribution is -0.118. The fourth-order valence-corrected chi connectivity index (χ4v) is 3.89. The molecule has 0 atom stereocenters. The van der Waals surface area contributed by atoms with Crippen LogP contribution in [0.4, 0.5) is 20.6 Å². The fraction of sp³-hybridized carbons (Fsp3) is 0.222. The van der Waals surface area contributed by atoms with E-state index in [2.05, 4.69) is 16.0 Å². The van der Waals surface area contributed by atoms with Crippen LogP contribution < -0.4 is 20.7 Å². The average molecular weight is 491 g/mol. The second-order valence-corrected chi connectivity index (χ2v) is 8.34. The van der Waals surface area contributed by atoms with Gasteiger partial charge in [0.25, 0.3) is 11.8 Å². The Bertz CT molecular complexity index is 1210. The maximum absolute atomic E-state index is 13.7. The highest BCUT2D eigenvalue weighted by atomic mass is 19.1. The van der Waals surface area contributed by atoms with Crippen molar-refractivity contribution in [3.8, 4) is 5.75 Å². The number of anilines is 2. The molecule has 1 saturated heterocycles. The second kappa shape index (κ2) is 11.8. The zero-order valence-electron chi connectivity index (χ0n) is 19.6. The minimum absolute atomic E-state index is 0.0564. The fourth-order valence-electron chi connectivity index (χ4n) is 3.89. The Hall–Kier alpha value is -4.40. The number of urea groups is 1. The minimum Gasteiger partial charge on any atom is -0.483 e. The largest absolute Gasteiger partial charge is 0.483 e. The van der Waals surface area contributed by atoms with Crippen molar-refractivity contribution >= 4 is 29.2 Å². The van der Waals surface area contributed by atoms with Crippen LogP contribution >= 0.6 is 0 Å². The van der Waals surface area contributed by atoms with Gasteiger partial charge in [-0.05, 0) is 49.2 Å². The molecule has 1 aliphatic heterocycles. The van der Waals surface area contributed by atoms with Crippen LogP contribution in [0.5, 0.6) is 5.75 Å². The molecule has 36 heavy (non-hydrogen) atoms. The lowest BCUT2D eigenvalue weighted by Crippen LogP contribution is -2.47. The van der Waals surface area contributed by atoms with Crippen molar-refractivity contribution in [2.75, 3.05) is 30.3 Å². The Morgan fingerprint density at radius 3 is 2.28 bits per heavy atom. The minimum atomic E-state index is -0.547. The van der Waals surface area contributed by atoms with E-state index >= 15 is 0 Å². The molecular formula is C27H27FN4O4. The highest BCUT2D eigenvalue weighted by Crippen LogP contribution is 2.20. The normalized spacial score (nSPS) is 13.5. The Morgan fingerprint density at radius 2 is 1.53 bits per heavy atom. The van der Waals surface area contributed by atoms with Crippen molar-refractivity contribution < 1.29 is 23.5 Å². The number of halogens is 1. The summed E-state index contributed by atoms with van der Waals surface area (Å²) in [6.07, 6.45) is 1.23. The molecule has 1 fully saturated rings. The lowest BCUT2D eigenvalue weighted by atomic mass is 10.0. The van der Waals surface area contributed by atoms with E-state index in [0.717, 1.165) is 5.69 Å². The van der Waals surface area contributed by atoms with Crippen molar-refractivity contribution in [2.24, 2.45) is 0 Å². The molecule has 3 aromatic carbocycles. The number of para-hydroxylation sites is 3. The Balaban J connectivity index is 1.27. The number of likely N-dealkylation sites (tertiary alicyclic amines) is 1. The van der Waals surface area contributed by atoms with Crippen LogP contribution in [-0.4, -0.2) is 48.5 Å². The summed E-state index contributed by atoms with van der Waals surface area (Å²) in [6.45, 7) is 0.642. The van der Waals surface area contributed by atoms with Crippen LogP contribution in [0.25, 0.3) is 0 Å². The highest BCUT2D eigenvalue weighted by Gasteiger charge is 2.25. The number of amides is 4. The predicted molar refractivity (Wildman–Crippen MR) is 134 cm³/mol. The molecule has 9 heteroatoms. The molecule has 8 nitrogen and oxygen atoms in total. The van der Waals surface area contributed by atoms with E-state index in [1.807, 2.05) is 30.3 Å². The number of benzene rings is 3. The van der Waals surface area contributed by atoms with Gasteiger partial charge in [0.05, 0.1) is 11.3 Å². The first-order valence-corrected chi connectivity index (χ1v) is 11.7. The van der Waals surface area contributed by atoms with E-state index in [-0.39, 0.29) is 36.0 Å². The Kier molecular flexibility index (Phi) is 8.12. The van der Waals surface area contributed by atoms with Crippen molar-refractivity contribution in [3.63, 3.8) is 0 Å². The molecule has 0 aliphatic carbocycles. The third kappa shape index (κ3) is 6.59. The van der Waals surface area contributed by atoms with Crippen LogP contribution in [0.15, 0.2) is 78.9 Å². The SMILES string of the molecule is O=C(COc1ccccc1C(=O)NC1CCN(C(=O)Nc2ccccc2)CC1)Nc1ccccc1F. The summed E-state index contributed by atoms with van der Waals surface area (Å²) in [5, 5.41) is 8.31.